The topological polar surface area (TPSA) is 43.1 Å². The first-order valence-corrected chi connectivity index (χ1v) is 5.74. The highest BCUT2D eigenvalue weighted by Gasteiger charge is 2.15. The monoisotopic (exact) mass is 221 g/mol. The van der Waals surface area contributed by atoms with Crippen LogP contribution in [0.3, 0.4) is 0 Å². The SMILES string of the molecule is CC.CC(=O)c1c(C)c(C)c(C)c(C)c1N. The number of rotatable bonds is 1. The molecule has 0 amide bonds. The van der Waals surface area contributed by atoms with Crippen LogP contribution in [-0.4, -0.2) is 5.78 Å². The maximum atomic E-state index is 11.4. The number of carbonyl (C=O) groups is 1. The summed E-state index contributed by atoms with van der Waals surface area (Å²) in [4.78, 5) is 11.4. The molecule has 0 aliphatic heterocycles. The lowest BCUT2D eigenvalue weighted by Gasteiger charge is -2.16. The molecule has 2 N–H and O–H groups in total. The molecule has 1 aromatic rings. The van der Waals surface area contributed by atoms with Gasteiger partial charge in [0.25, 0.3) is 0 Å². The van der Waals surface area contributed by atoms with E-state index in [0.29, 0.717) is 11.3 Å². The summed E-state index contributed by atoms with van der Waals surface area (Å²) in [6, 6.07) is 0. The second-order valence-corrected chi connectivity index (χ2v) is 3.84. The molecule has 0 bridgehead atoms. The third-order valence-corrected chi connectivity index (χ3v) is 3.09. The van der Waals surface area contributed by atoms with Gasteiger partial charge in [-0.05, 0) is 56.9 Å². The van der Waals surface area contributed by atoms with Gasteiger partial charge in [0.05, 0.1) is 0 Å². The molecule has 0 saturated heterocycles. The van der Waals surface area contributed by atoms with Crippen molar-refractivity contribution in [2.24, 2.45) is 0 Å². The van der Waals surface area contributed by atoms with Crippen LogP contribution < -0.4 is 5.73 Å². The van der Waals surface area contributed by atoms with Gasteiger partial charge in [0.1, 0.15) is 0 Å². The fourth-order valence-corrected chi connectivity index (χ4v) is 1.80. The van der Waals surface area contributed by atoms with Crippen molar-refractivity contribution >= 4 is 11.5 Å². The van der Waals surface area contributed by atoms with Crippen LogP contribution in [0.25, 0.3) is 0 Å². The zero-order valence-corrected chi connectivity index (χ0v) is 11.5. The lowest BCUT2D eigenvalue weighted by molar-refractivity contribution is 0.101. The van der Waals surface area contributed by atoms with Crippen molar-refractivity contribution in [3.8, 4) is 0 Å². The summed E-state index contributed by atoms with van der Waals surface area (Å²) < 4.78 is 0. The standard InChI is InChI=1S/C12H17NO.C2H6/c1-6-7(2)9(4)12(13)11(8(6)3)10(5)14;1-2/h13H2,1-5H3;1-2H3. The van der Waals surface area contributed by atoms with E-state index < -0.39 is 0 Å². The molecule has 0 aliphatic rings. The van der Waals surface area contributed by atoms with Crippen molar-refractivity contribution in [3.63, 3.8) is 0 Å². The highest BCUT2D eigenvalue weighted by molar-refractivity contribution is 6.01. The predicted octanol–water partition coefficient (Wildman–Crippen LogP) is 3.73. The van der Waals surface area contributed by atoms with Gasteiger partial charge >= 0.3 is 0 Å². The lowest BCUT2D eigenvalue weighted by atomic mass is 9.91. The predicted molar refractivity (Wildman–Crippen MR) is 71.2 cm³/mol. The molecule has 1 aromatic carbocycles. The highest BCUT2D eigenvalue weighted by Crippen LogP contribution is 2.28. The van der Waals surface area contributed by atoms with Crippen LogP contribution in [0.1, 0.15) is 53.4 Å². The summed E-state index contributed by atoms with van der Waals surface area (Å²) in [5.74, 6) is 0.0474. The number of ketones is 1. The Morgan fingerprint density at radius 3 is 1.62 bits per heavy atom. The highest BCUT2D eigenvalue weighted by atomic mass is 16.1. The Bertz CT molecular complexity index is 377. The Morgan fingerprint density at radius 2 is 1.25 bits per heavy atom. The normalized spacial score (nSPS) is 9.44. The fraction of sp³-hybridized carbons (Fsp3) is 0.500. The molecule has 0 spiro atoms. The second-order valence-electron chi connectivity index (χ2n) is 3.84. The van der Waals surface area contributed by atoms with Gasteiger partial charge in [0.2, 0.25) is 0 Å². The van der Waals surface area contributed by atoms with Crippen molar-refractivity contribution in [3.05, 3.63) is 27.8 Å². The largest absolute Gasteiger partial charge is 0.398 e. The number of Topliss-reactive ketones (excluding diaryl/α,β-unsaturated/α-hetero) is 1. The van der Waals surface area contributed by atoms with Gasteiger partial charge in [0.15, 0.2) is 5.78 Å². The summed E-state index contributed by atoms with van der Waals surface area (Å²) in [6.45, 7) is 13.5. The van der Waals surface area contributed by atoms with Gasteiger partial charge in [0, 0.05) is 11.3 Å². The average molecular weight is 221 g/mol. The summed E-state index contributed by atoms with van der Waals surface area (Å²) in [6.07, 6.45) is 0. The lowest BCUT2D eigenvalue weighted by Crippen LogP contribution is -2.08. The maximum Gasteiger partial charge on any atom is 0.162 e. The van der Waals surface area contributed by atoms with Crippen molar-refractivity contribution in [1.82, 2.24) is 0 Å². The molecule has 0 fully saturated rings. The van der Waals surface area contributed by atoms with E-state index in [1.54, 1.807) is 6.92 Å². The van der Waals surface area contributed by atoms with E-state index in [0.717, 1.165) is 11.1 Å². The number of hydrogen-bond acceptors (Lipinski definition) is 2. The summed E-state index contributed by atoms with van der Waals surface area (Å²) >= 11 is 0. The molecule has 16 heavy (non-hydrogen) atoms. The van der Waals surface area contributed by atoms with E-state index in [9.17, 15) is 4.79 Å². The van der Waals surface area contributed by atoms with Crippen LogP contribution in [-0.2, 0) is 0 Å². The van der Waals surface area contributed by atoms with Gasteiger partial charge in [-0.1, -0.05) is 13.8 Å². The second kappa shape index (κ2) is 5.69. The minimum Gasteiger partial charge on any atom is -0.398 e. The van der Waals surface area contributed by atoms with Crippen LogP contribution in [0.4, 0.5) is 5.69 Å². The number of nitrogens with two attached hydrogens (primary N) is 1. The first-order chi connectivity index (χ1) is 7.37. The zero-order valence-electron chi connectivity index (χ0n) is 11.5. The summed E-state index contributed by atoms with van der Waals surface area (Å²) in [7, 11) is 0. The molecule has 1 rings (SSSR count). The van der Waals surface area contributed by atoms with Crippen molar-refractivity contribution < 1.29 is 4.79 Å². The van der Waals surface area contributed by atoms with Crippen LogP contribution in [0.5, 0.6) is 0 Å². The Morgan fingerprint density at radius 1 is 0.875 bits per heavy atom. The van der Waals surface area contributed by atoms with Gasteiger partial charge in [-0.15, -0.1) is 0 Å². The number of benzene rings is 1. The van der Waals surface area contributed by atoms with Crippen LogP contribution >= 0.6 is 0 Å². The number of nitrogen functional groups attached to an aromatic ring is 1. The molecule has 90 valence electrons. The number of hydrogen-bond donors (Lipinski definition) is 1. The summed E-state index contributed by atoms with van der Waals surface area (Å²) in [5.41, 5.74) is 11.6. The van der Waals surface area contributed by atoms with Crippen molar-refractivity contribution in [2.45, 2.75) is 48.5 Å². The van der Waals surface area contributed by atoms with E-state index in [1.807, 2.05) is 41.5 Å². The van der Waals surface area contributed by atoms with E-state index >= 15 is 0 Å². The van der Waals surface area contributed by atoms with E-state index in [-0.39, 0.29) is 5.78 Å². The Labute approximate surface area is 98.9 Å². The van der Waals surface area contributed by atoms with Gasteiger partial charge in [-0.2, -0.15) is 0 Å². The van der Waals surface area contributed by atoms with Gasteiger partial charge in [-0.25, -0.2) is 0 Å². The van der Waals surface area contributed by atoms with E-state index in [2.05, 4.69) is 0 Å². The van der Waals surface area contributed by atoms with Gasteiger partial charge < -0.3 is 5.73 Å². The molecule has 2 heteroatoms. The fourth-order valence-electron chi connectivity index (χ4n) is 1.80. The molecule has 0 aromatic heterocycles. The molecule has 0 atom stereocenters. The first-order valence-electron chi connectivity index (χ1n) is 5.74. The van der Waals surface area contributed by atoms with E-state index in [1.165, 1.54) is 11.1 Å². The molecule has 0 saturated carbocycles. The third kappa shape index (κ3) is 2.43. The Balaban J connectivity index is 0.00000106. The third-order valence-electron chi connectivity index (χ3n) is 3.09. The Kier molecular flexibility index (Phi) is 5.22. The average Bonchev–Trinajstić information content (AvgIpc) is 2.26. The van der Waals surface area contributed by atoms with E-state index in [4.69, 9.17) is 5.73 Å². The van der Waals surface area contributed by atoms with Crippen molar-refractivity contribution in [1.29, 1.82) is 0 Å². The number of carbonyl (C=O) groups excluding carboxylic acids is 1. The van der Waals surface area contributed by atoms with Crippen LogP contribution in [0.2, 0.25) is 0 Å². The smallest absolute Gasteiger partial charge is 0.162 e. The summed E-state index contributed by atoms with van der Waals surface area (Å²) in [5, 5.41) is 0. The molecular weight excluding hydrogens is 198 g/mol. The molecule has 0 heterocycles. The van der Waals surface area contributed by atoms with Crippen molar-refractivity contribution in [2.75, 3.05) is 5.73 Å². The van der Waals surface area contributed by atoms with Crippen LogP contribution in [0.15, 0.2) is 0 Å². The maximum absolute atomic E-state index is 11.4. The minimum atomic E-state index is 0.0474. The molecule has 0 radical (unpaired) electrons. The number of anilines is 1. The molecule has 2 nitrogen and oxygen atoms in total. The minimum absolute atomic E-state index is 0.0474. The molecule has 0 unspecified atom stereocenters. The molecule has 0 aliphatic carbocycles. The molecular formula is C14H23NO. The quantitative estimate of drug-likeness (QED) is 0.580. The zero-order chi connectivity index (χ0) is 13.0. The van der Waals surface area contributed by atoms with Gasteiger partial charge in [-0.3, -0.25) is 4.79 Å². The Hall–Kier alpha value is -1.31. The first kappa shape index (κ1) is 14.7. The van der Waals surface area contributed by atoms with Crippen LogP contribution in [0, 0.1) is 27.7 Å².